The number of imidazole rings is 1. The van der Waals surface area contributed by atoms with Gasteiger partial charge in [-0.1, -0.05) is 29.3 Å². The summed E-state index contributed by atoms with van der Waals surface area (Å²) in [5.74, 6) is -0.511. The second kappa shape index (κ2) is 9.87. The van der Waals surface area contributed by atoms with Gasteiger partial charge in [0.1, 0.15) is 34.8 Å². The minimum Gasteiger partial charge on any atom is -0.340 e. The molecule has 1 amide bonds. The lowest BCUT2D eigenvalue weighted by Gasteiger charge is -2.29. The van der Waals surface area contributed by atoms with Crippen molar-refractivity contribution < 1.29 is 18.0 Å². The molecule has 36 heavy (non-hydrogen) atoms. The summed E-state index contributed by atoms with van der Waals surface area (Å²) in [6.07, 6.45) is 0.0226. The summed E-state index contributed by atoms with van der Waals surface area (Å²) in [6.45, 7) is 1.03. The Bertz CT molecular complexity index is 1460. The van der Waals surface area contributed by atoms with Gasteiger partial charge in [0.05, 0.1) is 23.0 Å². The molecule has 0 saturated carbocycles. The lowest BCUT2D eigenvalue weighted by Crippen LogP contribution is -2.39. The van der Waals surface area contributed by atoms with Gasteiger partial charge >= 0.3 is 0 Å². The molecule has 1 aliphatic rings. The number of halogens is 5. The van der Waals surface area contributed by atoms with Crippen LogP contribution in [0.4, 0.5) is 24.7 Å². The highest BCUT2D eigenvalue weighted by Gasteiger charge is 2.27. The maximum atomic E-state index is 14.1. The van der Waals surface area contributed by atoms with E-state index in [9.17, 15) is 18.0 Å². The van der Waals surface area contributed by atoms with Gasteiger partial charge in [-0.3, -0.25) is 4.79 Å². The van der Waals surface area contributed by atoms with Crippen LogP contribution in [0.3, 0.4) is 0 Å². The summed E-state index contributed by atoms with van der Waals surface area (Å²) in [6, 6.07) is 14.5. The Morgan fingerprint density at radius 1 is 0.917 bits per heavy atom. The quantitative estimate of drug-likeness (QED) is 0.316. The number of hydrogen-bond donors (Lipinski definition) is 1. The zero-order valence-corrected chi connectivity index (χ0v) is 20.3. The van der Waals surface area contributed by atoms with Gasteiger partial charge in [0.15, 0.2) is 0 Å². The molecular weight excluding hydrogens is 512 g/mol. The van der Waals surface area contributed by atoms with Gasteiger partial charge in [0.25, 0.3) is 0 Å². The highest BCUT2D eigenvalue weighted by molar-refractivity contribution is 6.31. The largest absolute Gasteiger partial charge is 0.340 e. The monoisotopic (exact) mass is 530 g/mol. The van der Waals surface area contributed by atoms with E-state index in [2.05, 4.69) is 5.32 Å². The van der Waals surface area contributed by atoms with Crippen molar-refractivity contribution in [2.45, 2.75) is 19.5 Å². The second-order valence-corrected chi connectivity index (χ2v) is 9.19. The Labute approximate surface area is 215 Å². The second-order valence-electron chi connectivity index (χ2n) is 8.38. The molecule has 0 atom stereocenters. The smallest absolute Gasteiger partial charge is 0.227 e. The number of carbonyl (C=O) groups is 1. The molecule has 0 bridgehead atoms. The maximum Gasteiger partial charge on any atom is 0.227 e. The van der Waals surface area contributed by atoms with Crippen molar-refractivity contribution in [2.24, 2.45) is 0 Å². The molecule has 0 fully saturated rings. The standard InChI is InChI=1S/C26H19Cl2F3N4O/c27-19-7-1-15(11-21(19)30)12-24(36)34-9-10-35-23(14-34)33-25(16-2-4-17(29)5-3-16)26(35)32-18-6-8-20(28)22(31)13-18/h1-8,11,13,32H,9-10,12,14H2. The molecule has 1 N–H and O–H groups in total. The van der Waals surface area contributed by atoms with Gasteiger partial charge in [-0.2, -0.15) is 0 Å². The number of hydrogen-bond acceptors (Lipinski definition) is 3. The van der Waals surface area contributed by atoms with Crippen LogP contribution in [0.2, 0.25) is 10.0 Å². The Morgan fingerprint density at radius 3 is 2.31 bits per heavy atom. The first-order chi connectivity index (χ1) is 17.3. The molecule has 4 aromatic rings. The number of aromatic nitrogens is 2. The van der Waals surface area contributed by atoms with Crippen molar-refractivity contribution in [1.29, 1.82) is 0 Å². The summed E-state index contributed by atoms with van der Waals surface area (Å²) >= 11 is 11.6. The molecule has 5 rings (SSSR count). The lowest BCUT2D eigenvalue weighted by atomic mass is 10.1. The van der Waals surface area contributed by atoms with Gasteiger partial charge in [0.2, 0.25) is 5.91 Å². The zero-order valence-electron chi connectivity index (χ0n) is 18.7. The van der Waals surface area contributed by atoms with E-state index in [0.717, 1.165) is 0 Å². The average molecular weight is 531 g/mol. The predicted molar refractivity (Wildman–Crippen MR) is 133 cm³/mol. The van der Waals surface area contributed by atoms with Gasteiger partial charge in [0, 0.05) is 24.3 Å². The van der Waals surface area contributed by atoms with E-state index in [-0.39, 0.29) is 34.7 Å². The zero-order chi connectivity index (χ0) is 25.4. The summed E-state index contributed by atoms with van der Waals surface area (Å²) in [4.78, 5) is 19.3. The van der Waals surface area contributed by atoms with E-state index < -0.39 is 11.6 Å². The number of anilines is 2. The third kappa shape index (κ3) is 4.92. The number of fused-ring (bicyclic) bond motifs is 1. The Morgan fingerprint density at radius 2 is 1.61 bits per heavy atom. The Hall–Kier alpha value is -3.49. The van der Waals surface area contributed by atoms with E-state index in [0.29, 0.717) is 47.2 Å². The highest BCUT2D eigenvalue weighted by Crippen LogP contribution is 2.34. The van der Waals surface area contributed by atoms with E-state index in [1.807, 2.05) is 4.57 Å². The van der Waals surface area contributed by atoms with Gasteiger partial charge in [-0.25, -0.2) is 18.2 Å². The molecule has 5 nitrogen and oxygen atoms in total. The van der Waals surface area contributed by atoms with Crippen LogP contribution in [0.1, 0.15) is 11.4 Å². The van der Waals surface area contributed by atoms with Gasteiger partial charge < -0.3 is 14.8 Å². The fourth-order valence-corrected chi connectivity index (χ4v) is 4.36. The fourth-order valence-electron chi connectivity index (χ4n) is 4.13. The van der Waals surface area contributed by atoms with Crippen molar-refractivity contribution in [3.05, 3.63) is 99.5 Å². The first-order valence-corrected chi connectivity index (χ1v) is 11.8. The van der Waals surface area contributed by atoms with Crippen LogP contribution in [0, 0.1) is 17.5 Å². The number of nitrogens with zero attached hydrogens (tertiary/aromatic N) is 3. The van der Waals surface area contributed by atoms with Crippen LogP contribution in [-0.2, 0) is 24.3 Å². The number of benzene rings is 3. The van der Waals surface area contributed by atoms with Crippen molar-refractivity contribution >= 4 is 40.6 Å². The Kier molecular flexibility index (Phi) is 6.64. The van der Waals surface area contributed by atoms with Crippen LogP contribution in [-0.4, -0.2) is 26.9 Å². The van der Waals surface area contributed by atoms with Crippen molar-refractivity contribution in [3.8, 4) is 11.3 Å². The predicted octanol–water partition coefficient (Wildman–Crippen LogP) is 6.60. The number of nitrogens with one attached hydrogen (secondary N) is 1. The normalized spacial score (nSPS) is 13.0. The Balaban J connectivity index is 1.45. The van der Waals surface area contributed by atoms with Crippen molar-refractivity contribution in [1.82, 2.24) is 14.5 Å². The molecule has 0 unspecified atom stereocenters. The highest BCUT2D eigenvalue weighted by atomic mass is 35.5. The molecule has 184 valence electrons. The van der Waals surface area contributed by atoms with E-state index in [1.165, 1.54) is 36.4 Å². The third-order valence-corrected chi connectivity index (χ3v) is 6.58. The van der Waals surface area contributed by atoms with Crippen LogP contribution < -0.4 is 5.32 Å². The molecule has 2 heterocycles. The summed E-state index contributed by atoms with van der Waals surface area (Å²) in [7, 11) is 0. The molecule has 1 aromatic heterocycles. The number of rotatable bonds is 5. The summed E-state index contributed by atoms with van der Waals surface area (Å²) < 4.78 is 43.3. The molecule has 10 heteroatoms. The SMILES string of the molecule is O=C(Cc1ccc(Cl)c(F)c1)N1CCn2c(nc(-c3ccc(F)cc3)c2Nc2ccc(Cl)c(F)c2)C1. The minimum atomic E-state index is -0.575. The number of carbonyl (C=O) groups excluding carboxylic acids is 1. The molecular formula is C26H19Cl2F3N4O. The van der Waals surface area contributed by atoms with E-state index in [4.69, 9.17) is 28.2 Å². The lowest BCUT2D eigenvalue weighted by molar-refractivity contribution is -0.132. The molecule has 0 aliphatic carbocycles. The average Bonchev–Trinajstić information content (AvgIpc) is 3.21. The molecule has 3 aromatic carbocycles. The van der Waals surface area contributed by atoms with Gasteiger partial charge in [-0.15, -0.1) is 0 Å². The number of amides is 1. The van der Waals surface area contributed by atoms with Crippen LogP contribution in [0.5, 0.6) is 0 Å². The fraction of sp³-hybridized carbons (Fsp3) is 0.154. The van der Waals surface area contributed by atoms with E-state index >= 15 is 0 Å². The summed E-state index contributed by atoms with van der Waals surface area (Å²) in [5, 5.41) is 3.21. The van der Waals surface area contributed by atoms with Gasteiger partial charge in [-0.05, 0) is 60.2 Å². The topological polar surface area (TPSA) is 50.2 Å². The van der Waals surface area contributed by atoms with Crippen molar-refractivity contribution in [2.75, 3.05) is 11.9 Å². The maximum absolute atomic E-state index is 14.1. The van der Waals surface area contributed by atoms with E-state index in [1.54, 1.807) is 29.2 Å². The van der Waals surface area contributed by atoms with Crippen LogP contribution in [0.25, 0.3) is 11.3 Å². The molecule has 1 aliphatic heterocycles. The van der Waals surface area contributed by atoms with Crippen LogP contribution in [0.15, 0.2) is 60.7 Å². The van der Waals surface area contributed by atoms with Crippen molar-refractivity contribution in [3.63, 3.8) is 0 Å². The molecule has 0 spiro atoms. The molecule has 0 radical (unpaired) electrons. The summed E-state index contributed by atoms with van der Waals surface area (Å²) in [5.41, 5.74) is 2.18. The minimum absolute atomic E-state index is 0.000111. The molecule has 0 saturated heterocycles. The van der Waals surface area contributed by atoms with Crippen LogP contribution >= 0.6 is 23.2 Å². The third-order valence-electron chi connectivity index (χ3n) is 5.96. The first-order valence-electron chi connectivity index (χ1n) is 11.1. The first kappa shape index (κ1) is 24.2.